The third-order valence-corrected chi connectivity index (χ3v) is 12.0. The molecule has 0 atom stereocenters. The molecular formula is C29H42O2Si. The van der Waals surface area contributed by atoms with Crippen LogP contribution in [0.15, 0.2) is 30.3 Å². The molecular weight excluding hydrogens is 408 g/mol. The molecule has 0 unspecified atom stereocenters. The van der Waals surface area contributed by atoms with Gasteiger partial charge >= 0.3 is 8.56 Å². The van der Waals surface area contributed by atoms with E-state index in [1.165, 1.54) is 70.7 Å². The average Bonchev–Trinajstić information content (AvgIpc) is 3.12. The van der Waals surface area contributed by atoms with Crippen LogP contribution in [0.1, 0.15) is 95.9 Å². The second-order valence-corrected chi connectivity index (χ2v) is 15.4. The lowest BCUT2D eigenvalue weighted by atomic mass is 9.84. The summed E-state index contributed by atoms with van der Waals surface area (Å²) in [5.41, 5.74) is 9.27. The summed E-state index contributed by atoms with van der Waals surface area (Å²) in [6.07, 6.45) is 7.36. The maximum atomic E-state index is 6.57. The zero-order valence-corrected chi connectivity index (χ0v) is 22.5. The molecule has 2 aromatic carbocycles. The van der Waals surface area contributed by atoms with Crippen molar-refractivity contribution in [3.63, 3.8) is 0 Å². The fourth-order valence-electron chi connectivity index (χ4n) is 6.07. The molecule has 2 aliphatic carbocycles. The van der Waals surface area contributed by atoms with Crippen molar-refractivity contribution in [2.45, 2.75) is 96.4 Å². The highest BCUT2D eigenvalue weighted by atomic mass is 28.4. The van der Waals surface area contributed by atoms with Crippen LogP contribution in [0.5, 0.6) is 0 Å². The van der Waals surface area contributed by atoms with Crippen molar-refractivity contribution >= 4 is 13.7 Å². The van der Waals surface area contributed by atoms with E-state index >= 15 is 0 Å². The third-order valence-electron chi connectivity index (χ3n) is 7.85. The molecule has 0 saturated heterocycles. The van der Waals surface area contributed by atoms with Crippen LogP contribution in [0.4, 0.5) is 0 Å². The van der Waals surface area contributed by atoms with Crippen LogP contribution >= 0.6 is 0 Å². The van der Waals surface area contributed by atoms with Gasteiger partial charge in [-0.1, -0.05) is 91.1 Å². The van der Waals surface area contributed by atoms with Gasteiger partial charge in [-0.05, 0) is 63.5 Å². The normalized spacial score (nSPS) is 17.4. The molecule has 1 fully saturated rings. The first kappa shape index (κ1) is 23.7. The molecule has 174 valence electrons. The van der Waals surface area contributed by atoms with Gasteiger partial charge in [0.25, 0.3) is 0 Å². The van der Waals surface area contributed by atoms with Crippen molar-refractivity contribution < 1.29 is 8.85 Å². The molecule has 3 heteroatoms. The first-order chi connectivity index (χ1) is 15.0. The summed E-state index contributed by atoms with van der Waals surface area (Å²) in [6.45, 7) is 13.9. The summed E-state index contributed by atoms with van der Waals surface area (Å²) in [4.78, 5) is 0. The molecule has 0 spiro atoms. The number of benzene rings is 2. The zero-order chi connectivity index (χ0) is 23.3. The van der Waals surface area contributed by atoms with Gasteiger partial charge in [-0.2, -0.15) is 0 Å². The lowest BCUT2D eigenvalue weighted by Gasteiger charge is -2.41. The summed E-state index contributed by atoms with van der Waals surface area (Å²) >= 11 is 0. The Morgan fingerprint density at radius 1 is 0.781 bits per heavy atom. The maximum Gasteiger partial charge on any atom is 0.375 e. The highest BCUT2D eigenvalue weighted by Crippen LogP contribution is 2.44. The smallest absolute Gasteiger partial charge is 0.375 e. The molecule has 1 saturated carbocycles. The van der Waals surface area contributed by atoms with Crippen molar-refractivity contribution in [2.24, 2.45) is 0 Å². The molecule has 2 nitrogen and oxygen atoms in total. The predicted molar refractivity (Wildman–Crippen MR) is 138 cm³/mol. The second-order valence-electron chi connectivity index (χ2n) is 12.0. The van der Waals surface area contributed by atoms with Gasteiger partial charge in [0.1, 0.15) is 0 Å². The average molecular weight is 451 g/mol. The molecule has 2 aliphatic rings. The molecule has 0 aromatic heterocycles. The van der Waals surface area contributed by atoms with Crippen LogP contribution in [0.3, 0.4) is 0 Å². The van der Waals surface area contributed by atoms with Gasteiger partial charge in [-0.15, -0.1) is 0 Å². The van der Waals surface area contributed by atoms with E-state index in [-0.39, 0.29) is 10.8 Å². The highest BCUT2D eigenvalue weighted by molar-refractivity contribution is 6.83. The Labute approximate surface area is 197 Å². The van der Waals surface area contributed by atoms with Crippen molar-refractivity contribution in [3.05, 3.63) is 52.6 Å². The van der Waals surface area contributed by atoms with Crippen molar-refractivity contribution in [2.75, 3.05) is 14.2 Å². The lowest BCUT2D eigenvalue weighted by Crippen LogP contribution is -2.60. The van der Waals surface area contributed by atoms with E-state index in [1.54, 1.807) is 0 Å². The minimum atomic E-state index is -2.62. The summed E-state index contributed by atoms with van der Waals surface area (Å²) in [6, 6.07) is 11.9. The first-order valence-corrected chi connectivity index (χ1v) is 14.3. The van der Waals surface area contributed by atoms with E-state index in [2.05, 4.69) is 71.9 Å². The Balaban J connectivity index is 1.95. The van der Waals surface area contributed by atoms with E-state index in [0.717, 1.165) is 6.42 Å². The van der Waals surface area contributed by atoms with E-state index < -0.39 is 8.56 Å². The standard InChI is InChI=1S/C29H42O2Si/c1-28(2,3)21-14-15-23-20(18-21)19-25-24(23)16-17-26(29(4,5)6)27(25)32(30-7,31-8)22-12-10-9-11-13-22/h14-18,22H,9-13,19H2,1-8H3. The molecule has 0 heterocycles. The van der Waals surface area contributed by atoms with Crippen LogP contribution in [0.25, 0.3) is 11.1 Å². The lowest BCUT2D eigenvalue weighted by molar-refractivity contribution is 0.231. The minimum Gasteiger partial charge on any atom is -0.394 e. The van der Waals surface area contributed by atoms with Gasteiger partial charge in [0, 0.05) is 24.9 Å². The highest BCUT2D eigenvalue weighted by Gasteiger charge is 2.51. The van der Waals surface area contributed by atoms with Crippen LogP contribution in [-0.2, 0) is 26.1 Å². The Kier molecular flexibility index (Phi) is 6.24. The van der Waals surface area contributed by atoms with Gasteiger partial charge in [0.05, 0.1) is 0 Å². The number of fused-ring (bicyclic) bond motifs is 3. The van der Waals surface area contributed by atoms with Gasteiger partial charge in [-0.25, -0.2) is 0 Å². The van der Waals surface area contributed by atoms with E-state index in [4.69, 9.17) is 8.85 Å². The minimum absolute atomic E-state index is 0.0414. The van der Waals surface area contributed by atoms with Gasteiger partial charge < -0.3 is 8.85 Å². The van der Waals surface area contributed by atoms with Gasteiger partial charge in [0.15, 0.2) is 0 Å². The maximum absolute atomic E-state index is 6.57. The fourth-order valence-corrected chi connectivity index (χ4v) is 10.4. The quantitative estimate of drug-likeness (QED) is 0.394. The molecule has 0 radical (unpaired) electrons. The summed E-state index contributed by atoms with van der Waals surface area (Å²) < 4.78 is 13.1. The third kappa shape index (κ3) is 3.91. The molecule has 0 bridgehead atoms. The van der Waals surface area contributed by atoms with Crippen molar-refractivity contribution in [3.8, 4) is 11.1 Å². The zero-order valence-electron chi connectivity index (χ0n) is 21.5. The SMILES string of the molecule is CO[Si](OC)(c1c(C(C)(C)C)ccc2c1Cc1cc(C(C)(C)C)ccc1-2)C1CCCCC1. The summed E-state index contributed by atoms with van der Waals surface area (Å²) in [7, 11) is 1.21. The number of hydrogen-bond donors (Lipinski definition) is 0. The Morgan fingerprint density at radius 3 is 1.97 bits per heavy atom. The monoisotopic (exact) mass is 450 g/mol. The van der Waals surface area contributed by atoms with Crippen molar-refractivity contribution in [1.82, 2.24) is 0 Å². The van der Waals surface area contributed by atoms with E-state index in [0.29, 0.717) is 5.54 Å². The summed E-state index contributed by atoms with van der Waals surface area (Å²) in [5.74, 6) is 0. The Morgan fingerprint density at radius 2 is 1.41 bits per heavy atom. The van der Waals surface area contributed by atoms with Gasteiger partial charge in [0.2, 0.25) is 0 Å². The van der Waals surface area contributed by atoms with Crippen LogP contribution in [0.2, 0.25) is 5.54 Å². The Bertz CT molecular complexity index is 983. The number of hydrogen-bond acceptors (Lipinski definition) is 2. The fraction of sp³-hybridized carbons (Fsp3) is 0.586. The largest absolute Gasteiger partial charge is 0.394 e. The topological polar surface area (TPSA) is 18.5 Å². The molecule has 2 aromatic rings. The second kappa shape index (κ2) is 8.41. The van der Waals surface area contributed by atoms with Crippen LogP contribution in [0, 0.1) is 0 Å². The molecule has 0 N–H and O–H groups in total. The summed E-state index contributed by atoms with van der Waals surface area (Å²) in [5, 5.41) is 1.44. The van der Waals surface area contributed by atoms with Crippen LogP contribution < -0.4 is 5.19 Å². The molecule has 32 heavy (non-hydrogen) atoms. The van der Waals surface area contributed by atoms with E-state index in [1.807, 2.05) is 14.2 Å². The number of rotatable bonds is 4. The molecule has 0 aliphatic heterocycles. The van der Waals surface area contributed by atoms with E-state index in [9.17, 15) is 0 Å². The molecule has 4 rings (SSSR count). The van der Waals surface area contributed by atoms with Crippen molar-refractivity contribution in [1.29, 1.82) is 0 Å². The van der Waals surface area contributed by atoms with Gasteiger partial charge in [-0.3, -0.25) is 0 Å². The predicted octanol–water partition coefficient (Wildman–Crippen LogP) is 7.13. The Hall–Kier alpha value is -1.42. The molecule has 0 amide bonds. The first-order valence-electron chi connectivity index (χ1n) is 12.4. The van der Waals surface area contributed by atoms with Crippen LogP contribution in [-0.4, -0.2) is 22.8 Å².